The van der Waals surface area contributed by atoms with Gasteiger partial charge in [-0.2, -0.15) is 11.8 Å². The molecule has 0 saturated heterocycles. The molecule has 1 aromatic rings. The maximum atomic E-state index is 11.7. The van der Waals surface area contributed by atoms with Crippen LogP contribution in [0.5, 0.6) is 11.5 Å². The molecule has 0 fully saturated rings. The average Bonchev–Trinajstić information content (AvgIpc) is 2.53. The highest BCUT2D eigenvalue weighted by molar-refractivity contribution is 7.98. The first-order chi connectivity index (χ1) is 11.1. The normalized spacial score (nSPS) is 11.4. The van der Waals surface area contributed by atoms with Crippen molar-refractivity contribution in [2.75, 3.05) is 25.3 Å². The lowest BCUT2D eigenvalue weighted by molar-refractivity contribution is -0.139. The Morgan fingerprint density at radius 3 is 2.48 bits per heavy atom. The van der Waals surface area contributed by atoms with E-state index >= 15 is 0 Å². The number of rotatable bonds is 10. The van der Waals surface area contributed by atoms with E-state index in [1.165, 1.54) is 11.8 Å². The number of carbonyl (C=O) groups is 2. The molecule has 0 radical (unpaired) electrons. The minimum absolute atomic E-state index is 0.0925. The topological polar surface area (TPSA) is 96.9 Å². The maximum Gasteiger partial charge on any atom is 0.326 e. The van der Waals surface area contributed by atoms with Gasteiger partial charge in [-0.1, -0.05) is 12.1 Å². The highest BCUT2D eigenvalue weighted by atomic mass is 32.2. The summed E-state index contributed by atoms with van der Waals surface area (Å²) in [7, 11) is 0. The molecule has 0 aromatic heterocycles. The number of carbonyl (C=O) groups excluding carboxylic acids is 1. The van der Waals surface area contributed by atoms with Gasteiger partial charge in [-0.3, -0.25) is 0 Å². The molecule has 0 spiro atoms. The van der Waals surface area contributed by atoms with Crippen LogP contribution in [0.25, 0.3) is 0 Å². The third kappa shape index (κ3) is 7.14. The number of carboxylic acids is 1. The Kier molecular flexibility index (Phi) is 8.74. The van der Waals surface area contributed by atoms with Crippen molar-refractivity contribution in [3.05, 3.63) is 24.3 Å². The number of ether oxygens (including phenoxy) is 2. The first kappa shape index (κ1) is 19.0. The molecule has 8 heteroatoms. The highest BCUT2D eigenvalue weighted by Crippen LogP contribution is 2.25. The molecule has 0 aliphatic rings. The predicted octanol–water partition coefficient (Wildman–Crippen LogP) is 1.93. The summed E-state index contributed by atoms with van der Waals surface area (Å²) in [6.45, 7) is 2.28. The first-order valence-corrected chi connectivity index (χ1v) is 8.58. The van der Waals surface area contributed by atoms with Crippen LogP contribution in [0.2, 0.25) is 0 Å². The van der Waals surface area contributed by atoms with E-state index in [2.05, 4.69) is 10.6 Å². The largest absolute Gasteiger partial charge is 0.490 e. The summed E-state index contributed by atoms with van der Waals surface area (Å²) in [5.74, 6) is 0.680. The van der Waals surface area contributed by atoms with E-state index in [0.717, 1.165) is 0 Å². The molecule has 0 aliphatic heterocycles. The summed E-state index contributed by atoms with van der Waals surface area (Å²) in [6, 6.07) is 5.60. The lowest BCUT2D eigenvalue weighted by atomic mass is 10.2. The maximum absolute atomic E-state index is 11.7. The van der Waals surface area contributed by atoms with Gasteiger partial charge >= 0.3 is 12.0 Å². The van der Waals surface area contributed by atoms with Crippen LogP contribution in [0.15, 0.2) is 24.3 Å². The van der Waals surface area contributed by atoms with Crippen LogP contribution in [0.3, 0.4) is 0 Å². The van der Waals surface area contributed by atoms with Crippen molar-refractivity contribution in [2.45, 2.75) is 19.4 Å². The molecule has 0 heterocycles. The van der Waals surface area contributed by atoms with E-state index in [-0.39, 0.29) is 6.73 Å². The van der Waals surface area contributed by atoms with E-state index < -0.39 is 18.0 Å². The molecule has 0 bridgehead atoms. The van der Waals surface area contributed by atoms with Gasteiger partial charge in [-0.05, 0) is 37.5 Å². The zero-order valence-electron chi connectivity index (χ0n) is 13.2. The second-order valence-electron chi connectivity index (χ2n) is 4.49. The van der Waals surface area contributed by atoms with Crippen LogP contribution >= 0.6 is 11.8 Å². The standard InChI is InChI=1S/C15H22N2O5S/c1-3-21-12-6-4-5-7-13(12)22-10-16-15(20)17-11(14(18)19)8-9-23-2/h4-7,11H,3,8-10H2,1-2H3,(H,18,19)(H2,16,17,20). The van der Waals surface area contributed by atoms with E-state index in [1.54, 1.807) is 18.2 Å². The van der Waals surface area contributed by atoms with Gasteiger partial charge in [-0.25, -0.2) is 9.59 Å². The number of carboxylic acid groups (broad SMARTS) is 1. The molecule has 1 unspecified atom stereocenters. The quantitative estimate of drug-likeness (QED) is 0.562. The van der Waals surface area contributed by atoms with E-state index in [1.807, 2.05) is 19.2 Å². The van der Waals surface area contributed by atoms with Crippen LogP contribution in [0, 0.1) is 0 Å². The number of para-hydroxylation sites is 2. The van der Waals surface area contributed by atoms with Gasteiger partial charge < -0.3 is 25.2 Å². The van der Waals surface area contributed by atoms with Gasteiger partial charge in [0.25, 0.3) is 0 Å². The molecule has 23 heavy (non-hydrogen) atoms. The van der Waals surface area contributed by atoms with Crippen molar-refractivity contribution < 1.29 is 24.2 Å². The number of benzene rings is 1. The van der Waals surface area contributed by atoms with Crippen molar-refractivity contribution in [2.24, 2.45) is 0 Å². The van der Waals surface area contributed by atoms with Gasteiger partial charge in [0.2, 0.25) is 0 Å². The molecule has 7 nitrogen and oxygen atoms in total. The fourth-order valence-electron chi connectivity index (χ4n) is 1.73. The fourth-order valence-corrected chi connectivity index (χ4v) is 2.20. The van der Waals surface area contributed by atoms with Crippen molar-refractivity contribution in [1.29, 1.82) is 0 Å². The molecular formula is C15H22N2O5S. The van der Waals surface area contributed by atoms with Crippen molar-refractivity contribution in [1.82, 2.24) is 10.6 Å². The molecular weight excluding hydrogens is 320 g/mol. The van der Waals surface area contributed by atoms with Crippen LogP contribution < -0.4 is 20.1 Å². The summed E-state index contributed by atoms with van der Waals surface area (Å²) in [5, 5.41) is 13.9. The second kappa shape index (κ2) is 10.6. The number of hydrogen-bond acceptors (Lipinski definition) is 5. The number of thioether (sulfide) groups is 1. The summed E-state index contributed by atoms with van der Waals surface area (Å²) in [6.07, 6.45) is 2.24. The second-order valence-corrected chi connectivity index (χ2v) is 5.48. The lowest BCUT2D eigenvalue weighted by Crippen LogP contribution is -2.47. The van der Waals surface area contributed by atoms with Gasteiger partial charge in [0.1, 0.15) is 6.04 Å². The minimum atomic E-state index is -1.06. The Bertz CT molecular complexity index is 512. The van der Waals surface area contributed by atoms with Crippen LogP contribution in [-0.4, -0.2) is 48.5 Å². The Morgan fingerprint density at radius 2 is 1.91 bits per heavy atom. The number of hydrogen-bond donors (Lipinski definition) is 3. The van der Waals surface area contributed by atoms with Crippen LogP contribution in [-0.2, 0) is 4.79 Å². The van der Waals surface area contributed by atoms with E-state index in [0.29, 0.717) is 30.3 Å². The number of urea groups is 1. The van der Waals surface area contributed by atoms with Gasteiger partial charge in [0, 0.05) is 0 Å². The SMILES string of the molecule is CCOc1ccccc1OCNC(=O)NC(CCSC)C(=O)O. The van der Waals surface area contributed by atoms with E-state index in [4.69, 9.17) is 14.6 Å². The number of nitrogens with one attached hydrogen (secondary N) is 2. The molecule has 2 amide bonds. The minimum Gasteiger partial charge on any atom is -0.490 e. The summed E-state index contributed by atoms with van der Waals surface area (Å²) < 4.78 is 10.8. The van der Waals surface area contributed by atoms with Crippen molar-refractivity contribution in [3.8, 4) is 11.5 Å². The van der Waals surface area contributed by atoms with Gasteiger partial charge in [-0.15, -0.1) is 0 Å². The monoisotopic (exact) mass is 342 g/mol. The molecule has 1 aromatic carbocycles. The van der Waals surface area contributed by atoms with Gasteiger partial charge in [0.05, 0.1) is 6.61 Å². The molecule has 128 valence electrons. The molecule has 3 N–H and O–H groups in total. The Balaban J connectivity index is 2.42. The summed E-state index contributed by atoms with van der Waals surface area (Å²) in [4.78, 5) is 22.8. The lowest BCUT2D eigenvalue weighted by Gasteiger charge is -2.15. The third-order valence-corrected chi connectivity index (χ3v) is 3.47. The number of amides is 2. The van der Waals surface area contributed by atoms with E-state index in [9.17, 15) is 9.59 Å². The van der Waals surface area contributed by atoms with Crippen molar-refractivity contribution in [3.63, 3.8) is 0 Å². The summed E-state index contributed by atoms with van der Waals surface area (Å²) in [5.41, 5.74) is 0. The Labute approximate surface area is 139 Å². The van der Waals surface area contributed by atoms with Crippen LogP contribution in [0.1, 0.15) is 13.3 Å². The van der Waals surface area contributed by atoms with Crippen LogP contribution in [0.4, 0.5) is 4.79 Å². The highest BCUT2D eigenvalue weighted by Gasteiger charge is 2.19. The molecule has 0 saturated carbocycles. The molecule has 1 atom stereocenters. The third-order valence-electron chi connectivity index (χ3n) is 2.82. The predicted molar refractivity (Wildman–Crippen MR) is 89.2 cm³/mol. The smallest absolute Gasteiger partial charge is 0.326 e. The summed E-state index contributed by atoms with van der Waals surface area (Å²) >= 11 is 1.52. The molecule has 1 rings (SSSR count). The fraction of sp³-hybridized carbons (Fsp3) is 0.467. The van der Waals surface area contributed by atoms with Gasteiger partial charge in [0.15, 0.2) is 18.2 Å². The zero-order valence-corrected chi connectivity index (χ0v) is 14.0. The Morgan fingerprint density at radius 1 is 1.26 bits per heavy atom. The Hall–Kier alpha value is -2.09. The number of aliphatic carboxylic acids is 1. The molecule has 0 aliphatic carbocycles. The average molecular weight is 342 g/mol. The van der Waals surface area contributed by atoms with Crippen molar-refractivity contribution >= 4 is 23.8 Å². The zero-order chi connectivity index (χ0) is 17.1. The first-order valence-electron chi connectivity index (χ1n) is 7.19.